The molecule has 3 N–H and O–H groups in total. The summed E-state index contributed by atoms with van der Waals surface area (Å²) in [6, 6.07) is 0. The first-order valence-corrected chi connectivity index (χ1v) is 5.14. The van der Waals surface area contributed by atoms with Crippen LogP contribution < -0.4 is 5.73 Å². The summed E-state index contributed by atoms with van der Waals surface area (Å²) in [7, 11) is 1.14. The molecular formula is C10H17NO4. The van der Waals surface area contributed by atoms with Gasteiger partial charge in [-0.2, -0.15) is 0 Å². The number of carbonyl (C=O) groups is 2. The molecule has 1 saturated carbocycles. The highest BCUT2D eigenvalue weighted by atomic mass is 16.5. The molecule has 5 heteroatoms. The third-order valence-corrected chi connectivity index (χ3v) is 3.07. The van der Waals surface area contributed by atoms with Crippen LogP contribution >= 0.6 is 0 Å². The third-order valence-electron chi connectivity index (χ3n) is 3.07. The predicted molar refractivity (Wildman–Crippen MR) is 52.7 cm³/mol. The Hall–Kier alpha value is -1.10. The second-order valence-electron chi connectivity index (χ2n) is 3.96. The molecule has 0 aromatic rings. The lowest BCUT2D eigenvalue weighted by molar-refractivity contribution is -0.175. The molecule has 1 atom stereocenters. The second kappa shape index (κ2) is 4.61. The summed E-state index contributed by atoms with van der Waals surface area (Å²) in [5.41, 5.74) is 2.94. The normalized spacial score (nSPS) is 21.7. The van der Waals surface area contributed by atoms with Crippen molar-refractivity contribution < 1.29 is 19.4 Å². The zero-order valence-corrected chi connectivity index (χ0v) is 8.86. The van der Waals surface area contributed by atoms with Crippen molar-refractivity contribution in [2.24, 2.45) is 11.7 Å². The highest BCUT2D eigenvalue weighted by Crippen LogP contribution is 2.33. The molecule has 0 radical (unpaired) electrons. The summed E-state index contributed by atoms with van der Waals surface area (Å²) in [6.45, 7) is 0. The molecule has 1 aliphatic carbocycles. The number of primary amides is 1. The van der Waals surface area contributed by atoms with Crippen molar-refractivity contribution in [3.63, 3.8) is 0 Å². The molecule has 1 rings (SSSR count). The lowest BCUT2D eigenvalue weighted by atomic mass is 9.76. The molecule has 0 aliphatic heterocycles. The van der Waals surface area contributed by atoms with Crippen LogP contribution in [0.25, 0.3) is 0 Å². The molecule has 86 valence electrons. The molecule has 0 saturated heterocycles. The Bertz CT molecular complexity index is 260. The maximum absolute atomic E-state index is 11.4. The molecular weight excluding hydrogens is 198 g/mol. The van der Waals surface area contributed by atoms with Crippen molar-refractivity contribution in [2.45, 2.75) is 37.7 Å². The number of carbonyl (C=O) groups excluding carboxylic acids is 2. The average Bonchev–Trinajstić information content (AvgIpc) is 2.27. The standard InChI is InChI=1S/C10H17NO4/c1-15-9(13)10(14,8(11)12)7-5-3-2-4-6-7/h7,14H,2-6H2,1H3,(H2,11,12). The van der Waals surface area contributed by atoms with Gasteiger partial charge in [-0.1, -0.05) is 19.3 Å². The summed E-state index contributed by atoms with van der Waals surface area (Å²) < 4.78 is 4.44. The quantitative estimate of drug-likeness (QED) is 0.510. The van der Waals surface area contributed by atoms with E-state index in [0.717, 1.165) is 26.4 Å². The van der Waals surface area contributed by atoms with Crippen LogP contribution in [0.5, 0.6) is 0 Å². The number of hydrogen-bond donors (Lipinski definition) is 2. The molecule has 0 aromatic carbocycles. The summed E-state index contributed by atoms with van der Waals surface area (Å²) in [5, 5.41) is 10.0. The van der Waals surface area contributed by atoms with Gasteiger partial charge in [-0.05, 0) is 12.8 Å². The van der Waals surface area contributed by atoms with Crippen molar-refractivity contribution in [1.29, 1.82) is 0 Å². The number of amides is 1. The van der Waals surface area contributed by atoms with E-state index in [1.54, 1.807) is 0 Å². The Kier molecular flexibility index (Phi) is 3.68. The first-order valence-electron chi connectivity index (χ1n) is 5.14. The molecule has 15 heavy (non-hydrogen) atoms. The molecule has 1 unspecified atom stereocenters. The predicted octanol–water partition coefficient (Wildman–Crippen LogP) is -0.0439. The molecule has 1 fully saturated rings. The first-order chi connectivity index (χ1) is 7.03. The third kappa shape index (κ3) is 2.12. The van der Waals surface area contributed by atoms with Crippen LogP contribution in [0.3, 0.4) is 0 Å². The van der Waals surface area contributed by atoms with Gasteiger partial charge in [-0.3, -0.25) is 4.79 Å². The molecule has 1 aliphatic rings. The van der Waals surface area contributed by atoms with Gasteiger partial charge >= 0.3 is 5.97 Å². The minimum atomic E-state index is -2.14. The van der Waals surface area contributed by atoms with Gasteiger partial charge in [0, 0.05) is 5.92 Å². The van der Waals surface area contributed by atoms with Crippen LogP contribution in [0.2, 0.25) is 0 Å². The van der Waals surface area contributed by atoms with Crippen LogP contribution in [-0.2, 0) is 14.3 Å². The SMILES string of the molecule is COC(=O)C(O)(C(N)=O)C1CCCCC1. The van der Waals surface area contributed by atoms with Gasteiger partial charge in [0.05, 0.1) is 7.11 Å². The molecule has 0 spiro atoms. The van der Waals surface area contributed by atoms with E-state index in [9.17, 15) is 14.7 Å². The molecule has 0 bridgehead atoms. The van der Waals surface area contributed by atoms with E-state index < -0.39 is 23.4 Å². The highest BCUT2D eigenvalue weighted by Gasteiger charge is 2.50. The van der Waals surface area contributed by atoms with E-state index in [1.807, 2.05) is 0 Å². The summed E-state index contributed by atoms with van der Waals surface area (Å²) in [5.74, 6) is -2.36. The Morgan fingerprint density at radius 2 is 1.87 bits per heavy atom. The number of hydrogen-bond acceptors (Lipinski definition) is 4. The highest BCUT2D eigenvalue weighted by molar-refractivity contribution is 6.05. The Morgan fingerprint density at radius 1 is 1.33 bits per heavy atom. The topological polar surface area (TPSA) is 89.6 Å². The van der Waals surface area contributed by atoms with Gasteiger partial charge in [0.2, 0.25) is 5.60 Å². The number of esters is 1. The lowest BCUT2D eigenvalue weighted by Crippen LogP contribution is -2.57. The summed E-state index contributed by atoms with van der Waals surface area (Å²) in [4.78, 5) is 22.6. The van der Waals surface area contributed by atoms with Gasteiger partial charge in [-0.15, -0.1) is 0 Å². The van der Waals surface area contributed by atoms with Crippen LogP contribution in [0.15, 0.2) is 0 Å². The van der Waals surface area contributed by atoms with E-state index in [2.05, 4.69) is 4.74 Å². The van der Waals surface area contributed by atoms with Crippen molar-refractivity contribution in [2.75, 3.05) is 7.11 Å². The molecule has 0 heterocycles. The van der Waals surface area contributed by atoms with Crippen molar-refractivity contribution in [3.05, 3.63) is 0 Å². The van der Waals surface area contributed by atoms with Crippen molar-refractivity contribution in [1.82, 2.24) is 0 Å². The average molecular weight is 215 g/mol. The lowest BCUT2D eigenvalue weighted by Gasteiger charge is -2.33. The fourth-order valence-corrected chi connectivity index (χ4v) is 2.14. The van der Waals surface area contributed by atoms with Gasteiger partial charge in [0.1, 0.15) is 0 Å². The number of nitrogens with two attached hydrogens (primary N) is 1. The monoisotopic (exact) mass is 215 g/mol. The Balaban J connectivity index is 2.88. The summed E-state index contributed by atoms with van der Waals surface area (Å²) in [6.07, 6.45) is 4.13. The van der Waals surface area contributed by atoms with Gasteiger partial charge in [0.25, 0.3) is 5.91 Å². The van der Waals surface area contributed by atoms with Crippen LogP contribution in [0.1, 0.15) is 32.1 Å². The number of rotatable bonds is 3. The van der Waals surface area contributed by atoms with E-state index in [0.29, 0.717) is 12.8 Å². The molecule has 5 nitrogen and oxygen atoms in total. The Labute approximate surface area is 88.6 Å². The fourth-order valence-electron chi connectivity index (χ4n) is 2.14. The maximum atomic E-state index is 11.4. The first kappa shape index (κ1) is 12.0. The van der Waals surface area contributed by atoms with Crippen molar-refractivity contribution >= 4 is 11.9 Å². The minimum absolute atomic E-state index is 0.406. The second-order valence-corrected chi connectivity index (χ2v) is 3.96. The van der Waals surface area contributed by atoms with Crippen molar-refractivity contribution in [3.8, 4) is 0 Å². The smallest absolute Gasteiger partial charge is 0.348 e. The molecule has 0 aromatic heterocycles. The minimum Gasteiger partial charge on any atom is -0.466 e. The zero-order valence-electron chi connectivity index (χ0n) is 8.86. The van der Waals surface area contributed by atoms with E-state index in [4.69, 9.17) is 5.73 Å². The van der Waals surface area contributed by atoms with Gasteiger partial charge in [-0.25, -0.2) is 4.79 Å². The van der Waals surface area contributed by atoms with E-state index in [1.165, 1.54) is 0 Å². The van der Waals surface area contributed by atoms with Crippen LogP contribution in [-0.4, -0.2) is 29.7 Å². The van der Waals surface area contributed by atoms with E-state index in [-0.39, 0.29) is 0 Å². The summed E-state index contributed by atoms with van der Waals surface area (Å²) >= 11 is 0. The number of methoxy groups -OCH3 is 1. The largest absolute Gasteiger partial charge is 0.466 e. The zero-order chi connectivity index (χ0) is 11.5. The Morgan fingerprint density at radius 3 is 2.27 bits per heavy atom. The number of ether oxygens (including phenoxy) is 1. The molecule has 1 amide bonds. The fraction of sp³-hybridized carbons (Fsp3) is 0.800. The van der Waals surface area contributed by atoms with Crippen LogP contribution in [0, 0.1) is 5.92 Å². The maximum Gasteiger partial charge on any atom is 0.348 e. The number of aliphatic hydroxyl groups is 1. The van der Waals surface area contributed by atoms with Gasteiger partial charge < -0.3 is 15.6 Å². The van der Waals surface area contributed by atoms with Gasteiger partial charge in [0.15, 0.2) is 0 Å². The van der Waals surface area contributed by atoms with Crippen LogP contribution in [0.4, 0.5) is 0 Å². The van der Waals surface area contributed by atoms with E-state index >= 15 is 0 Å².